The lowest BCUT2D eigenvalue weighted by Gasteiger charge is -2.07. The SMILES string of the molecule is COC(=O)c1sccc1OCc1ccccc1Cl. The first-order valence-corrected chi connectivity index (χ1v) is 6.50. The Hall–Kier alpha value is -1.52. The maximum absolute atomic E-state index is 11.5. The quantitative estimate of drug-likeness (QED) is 0.801. The third-order valence-corrected chi connectivity index (χ3v) is 3.59. The lowest BCUT2D eigenvalue weighted by molar-refractivity contribution is 0.0601. The molecule has 0 aliphatic carbocycles. The topological polar surface area (TPSA) is 35.5 Å². The Kier molecular flexibility index (Phi) is 4.23. The molecule has 2 rings (SSSR count). The summed E-state index contributed by atoms with van der Waals surface area (Å²) in [4.78, 5) is 11.9. The van der Waals surface area contributed by atoms with Crippen LogP contribution in [0.1, 0.15) is 15.2 Å². The number of thiophene rings is 1. The fraction of sp³-hybridized carbons (Fsp3) is 0.154. The summed E-state index contributed by atoms with van der Waals surface area (Å²) in [5.74, 6) is 0.130. The van der Waals surface area contributed by atoms with Crippen LogP contribution in [-0.4, -0.2) is 13.1 Å². The number of methoxy groups -OCH3 is 1. The number of ether oxygens (including phenoxy) is 2. The number of hydrogen-bond donors (Lipinski definition) is 0. The molecular formula is C13H11ClO3S. The van der Waals surface area contributed by atoms with Crippen LogP contribution in [0.5, 0.6) is 5.75 Å². The van der Waals surface area contributed by atoms with Crippen molar-refractivity contribution in [2.75, 3.05) is 7.11 Å². The Morgan fingerprint density at radius 3 is 2.83 bits per heavy atom. The molecular weight excluding hydrogens is 272 g/mol. The summed E-state index contributed by atoms with van der Waals surface area (Å²) in [6.45, 7) is 0.320. The predicted octanol–water partition coefficient (Wildman–Crippen LogP) is 3.77. The van der Waals surface area contributed by atoms with Crippen LogP contribution in [0.25, 0.3) is 0 Å². The van der Waals surface area contributed by atoms with Crippen LogP contribution < -0.4 is 4.74 Å². The van der Waals surface area contributed by atoms with Crippen molar-refractivity contribution in [3.8, 4) is 5.75 Å². The number of carbonyl (C=O) groups excluding carboxylic acids is 1. The zero-order valence-corrected chi connectivity index (χ0v) is 11.3. The first-order chi connectivity index (χ1) is 8.72. The molecule has 0 saturated carbocycles. The molecule has 0 amide bonds. The van der Waals surface area contributed by atoms with Crippen molar-refractivity contribution in [3.05, 3.63) is 51.2 Å². The number of esters is 1. The molecule has 0 N–H and O–H groups in total. The van der Waals surface area contributed by atoms with Gasteiger partial charge in [-0.2, -0.15) is 0 Å². The second-order valence-corrected chi connectivity index (χ2v) is 4.81. The summed E-state index contributed by atoms with van der Waals surface area (Å²) in [7, 11) is 1.35. The van der Waals surface area contributed by atoms with Gasteiger partial charge in [0.25, 0.3) is 0 Å². The Balaban J connectivity index is 2.09. The second kappa shape index (κ2) is 5.89. The monoisotopic (exact) mass is 282 g/mol. The molecule has 1 aromatic carbocycles. The van der Waals surface area contributed by atoms with Gasteiger partial charge in [-0.25, -0.2) is 4.79 Å². The molecule has 0 atom stereocenters. The van der Waals surface area contributed by atoms with Gasteiger partial charge in [0.15, 0.2) is 4.88 Å². The van der Waals surface area contributed by atoms with E-state index in [9.17, 15) is 4.79 Å². The molecule has 5 heteroatoms. The summed E-state index contributed by atoms with van der Waals surface area (Å²) in [5, 5.41) is 2.43. The summed E-state index contributed by atoms with van der Waals surface area (Å²) < 4.78 is 10.3. The Labute approximate surface area is 114 Å². The Morgan fingerprint density at radius 2 is 2.11 bits per heavy atom. The number of carbonyl (C=O) groups is 1. The summed E-state index contributed by atoms with van der Waals surface area (Å²) in [6.07, 6.45) is 0. The molecule has 18 heavy (non-hydrogen) atoms. The van der Waals surface area contributed by atoms with Crippen LogP contribution in [0.2, 0.25) is 5.02 Å². The van der Waals surface area contributed by atoms with Crippen LogP contribution in [0, 0.1) is 0 Å². The van der Waals surface area contributed by atoms with Crippen molar-refractivity contribution in [2.45, 2.75) is 6.61 Å². The normalized spacial score (nSPS) is 10.1. The van der Waals surface area contributed by atoms with E-state index in [1.807, 2.05) is 18.2 Å². The van der Waals surface area contributed by atoms with E-state index in [0.29, 0.717) is 22.3 Å². The number of halogens is 1. The highest BCUT2D eigenvalue weighted by Crippen LogP contribution is 2.27. The minimum Gasteiger partial charge on any atom is -0.487 e. The average molecular weight is 283 g/mol. The highest BCUT2D eigenvalue weighted by atomic mass is 35.5. The highest BCUT2D eigenvalue weighted by Gasteiger charge is 2.15. The van der Waals surface area contributed by atoms with Crippen molar-refractivity contribution in [2.24, 2.45) is 0 Å². The fourth-order valence-electron chi connectivity index (χ4n) is 1.42. The molecule has 1 heterocycles. The predicted molar refractivity (Wildman–Crippen MR) is 71.4 cm³/mol. The van der Waals surface area contributed by atoms with Gasteiger partial charge < -0.3 is 9.47 Å². The molecule has 0 spiro atoms. The van der Waals surface area contributed by atoms with E-state index in [-0.39, 0.29) is 5.97 Å². The van der Waals surface area contributed by atoms with Gasteiger partial charge in [-0.15, -0.1) is 11.3 Å². The van der Waals surface area contributed by atoms with Gasteiger partial charge in [0.05, 0.1) is 7.11 Å². The van der Waals surface area contributed by atoms with Crippen molar-refractivity contribution >= 4 is 28.9 Å². The summed E-state index contributed by atoms with van der Waals surface area (Å²) in [5.41, 5.74) is 0.876. The standard InChI is InChI=1S/C13H11ClO3S/c1-16-13(15)12-11(6-7-18-12)17-8-9-4-2-3-5-10(9)14/h2-7H,8H2,1H3. The maximum Gasteiger partial charge on any atom is 0.351 e. The van der Waals surface area contributed by atoms with Crippen molar-refractivity contribution < 1.29 is 14.3 Å². The zero-order valence-electron chi connectivity index (χ0n) is 9.68. The molecule has 0 saturated heterocycles. The van der Waals surface area contributed by atoms with E-state index in [2.05, 4.69) is 4.74 Å². The van der Waals surface area contributed by atoms with Gasteiger partial charge in [0.2, 0.25) is 0 Å². The zero-order chi connectivity index (χ0) is 13.0. The maximum atomic E-state index is 11.5. The van der Waals surface area contributed by atoms with E-state index < -0.39 is 0 Å². The first-order valence-electron chi connectivity index (χ1n) is 5.24. The van der Waals surface area contributed by atoms with Crippen LogP contribution >= 0.6 is 22.9 Å². The molecule has 0 aliphatic heterocycles. The summed E-state index contributed by atoms with van der Waals surface area (Å²) in [6, 6.07) is 9.17. The highest BCUT2D eigenvalue weighted by molar-refractivity contribution is 7.12. The lowest BCUT2D eigenvalue weighted by atomic mass is 10.2. The molecule has 3 nitrogen and oxygen atoms in total. The molecule has 0 radical (unpaired) electrons. The number of rotatable bonds is 4. The summed E-state index contributed by atoms with van der Waals surface area (Å²) >= 11 is 7.31. The molecule has 1 aromatic heterocycles. The second-order valence-electron chi connectivity index (χ2n) is 3.49. The van der Waals surface area contributed by atoms with E-state index in [1.54, 1.807) is 17.5 Å². The van der Waals surface area contributed by atoms with Gasteiger partial charge in [0, 0.05) is 10.6 Å². The van der Waals surface area contributed by atoms with Gasteiger partial charge in [-0.3, -0.25) is 0 Å². The van der Waals surface area contributed by atoms with Gasteiger partial charge >= 0.3 is 5.97 Å². The van der Waals surface area contributed by atoms with Crippen molar-refractivity contribution in [1.29, 1.82) is 0 Å². The number of benzene rings is 1. The minimum absolute atomic E-state index is 0.320. The molecule has 0 unspecified atom stereocenters. The molecule has 2 aromatic rings. The smallest absolute Gasteiger partial charge is 0.351 e. The third kappa shape index (κ3) is 2.83. The van der Waals surface area contributed by atoms with Gasteiger partial charge in [-0.05, 0) is 17.5 Å². The molecule has 0 bridgehead atoms. The first kappa shape index (κ1) is 12.9. The Morgan fingerprint density at radius 1 is 1.33 bits per heavy atom. The molecule has 94 valence electrons. The largest absolute Gasteiger partial charge is 0.487 e. The minimum atomic E-state index is -0.390. The molecule has 0 aliphatic rings. The van der Waals surface area contributed by atoms with Crippen molar-refractivity contribution in [3.63, 3.8) is 0 Å². The van der Waals surface area contributed by atoms with E-state index in [1.165, 1.54) is 18.4 Å². The average Bonchev–Trinajstić information content (AvgIpc) is 2.85. The molecule has 0 fully saturated rings. The van der Waals surface area contributed by atoms with E-state index in [0.717, 1.165) is 5.56 Å². The van der Waals surface area contributed by atoms with Gasteiger partial charge in [-0.1, -0.05) is 29.8 Å². The third-order valence-electron chi connectivity index (χ3n) is 2.34. The lowest BCUT2D eigenvalue weighted by Crippen LogP contribution is -2.03. The van der Waals surface area contributed by atoms with Crippen LogP contribution in [0.3, 0.4) is 0 Å². The van der Waals surface area contributed by atoms with Crippen LogP contribution in [0.15, 0.2) is 35.7 Å². The Bertz CT molecular complexity index is 551. The van der Waals surface area contributed by atoms with Gasteiger partial charge in [0.1, 0.15) is 12.4 Å². The van der Waals surface area contributed by atoms with Crippen molar-refractivity contribution in [1.82, 2.24) is 0 Å². The van der Waals surface area contributed by atoms with E-state index >= 15 is 0 Å². The fourth-order valence-corrected chi connectivity index (χ4v) is 2.36. The van der Waals surface area contributed by atoms with E-state index in [4.69, 9.17) is 16.3 Å². The van der Waals surface area contributed by atoms with Crippen LogP contribution in [0.4, 0.5) is 0 Å². The number of hydrogen-bond acceptors (Lipinski definition) is 4. The van der Waals surface area contributed by atoms with Crippen LogP contribution in [-0.2, 0) is 11.3 Å².